The van der Waals surface area contributed by atoms with Crippen LogP contribution in [0.3, 0.4) is 0 Å². The molecule has 0 atom stereocenters. The molecular weight excluding hydrogens is 216 g/mol. The van der Waals surface area contributed by atoms with Crippen LogP contribution in [-0.4, -0.2) is 21.6 Å². The zero-order valence-corrected chi connectivity index (χ0v) is 9.74. The SMILES string of the molecule is CCOS(=O)(=O)OCC.c1ccccc1. The lowest BCUT2D eigenvalue weighted by molar-refractivity contribution is 0.231. The molecular formula is C10H16O4S. The molecule has 86 valence electrons. The molecule has 0 radical (unpaired) electrons. The highest BCUT2D eigenvalue weighted by molar-refractivity contribution is 7.81. The summed E-state index contributed by atoms with van der Waals surface area (Å²) in [6.07, 6.45) is 0. The molecule has 0 aliphatic rings. The first kappa shape index (κ1) is 14.1. The van der Waals surface area contributed by atoms with E-state index >= 15 is 0 Å². The van der Waals surface area contributed by atoms with Crippen LogP contribution >= 0.6 is 0 Å². The number of hydrogen-bond donors (Lipinski definition) is 0. The molecule has 1 aromatic rings. The zero-order valence-electron chi connectivity index (χ0n) is 8.92. The normalized spacial score (nSPS) is 10.3. The van der Waals surface area contributed by atoms with E-state index in [1.54, 1.807) is 13.8 Å². The average molecular weight is 232 g/mol. The molecule has 0 saturated carbocycles. The molecule has 5 heteroatoms. The van der Waals surface area contributed by atoms with Crippen molar-refractivity contribution in [1.82, 2.24) is 0 Å². The van der Waals surface area contributed by atoms with Gasteiger partial charge < -0.3 is 0 Å². The van der Waals surface area contributed by atoms with Crippen molar-refractivity contribution < 1.29 is 16.8 Å². The second-order valence-electron chi connectivity index (χ2n) is 2.38. The molecule has 0 aromatic heterocycles. The number of rotatable bonds is 4. The van der Waals surface area contributed by atoms with Gasteiger partial charge in [0, 0.05) is 0 Å². The third kappa shape index (κ3) is 9.40. The fourth-order valence-corrected chi connectivity index (χ4v) is 1.35. The van der Waals surface area contributed by atoms with E-state index < -0.39 is 10.4 Å². The van der Waals surface area contributed by atoms with Gasteiger partial charge in [-0.05, 0) is 13.8 Å². The summed E-state index contributed by atoms with van der Waals surface area (Å²) < 4.78 is 29.2. The van der Waals surface area contributed by atoms with E-state index in [0.29, 0.717) is 0 Å². The van der Waals surface area contributed by atoms with Gasteiger partial charge >= 0.3 is 10.4 Å². The second kappa shape index (κ2) is 8.40. The Balaban J connectivity index is 0.000000280. The van der Waals surface area contributed by atoms with Gasteiger partial charge in [-0.25, -0.2) is 8.37 Å². The molecule has 0 spiro atoms. The van der Waals surface area contributed by atoms with Crippen LogP contribution in [0.1, 0.15) is 13.8 Å². The highest BCUT2D eigenvalue weighted by Crippen LogP contribution is 1.93. The molecule has 0 bridgehead atoms. The smallest absolute Gasteiger partial charge is 0.248 e. The summed E-state index contributed by atoms with van der Waals surface area (Å²) in [6, 6.07) is 12.0. The summed E-state index contributed by atoms with van der Waals surface area (Å²) in [5, 5.41) is 0. The summed E-state index contributed by atoms with van der Waals surface area (Å²) >= 11 is 0. The molecule has 0 unspecified atom stereocenters. The van der Waals surface area contributed by atoms with E-state index in [-0.39, 0.29) is 13.2 Å². The predicted molar refractivity (Wildman–Crippen MR) is 58.6 cm³/mol. The van der Waals surface area contributed by atoms with Crippen LogP contribution in [0.25, 0.3) is 0 Å². The van der Waals surface area contributed by atoms with E-state index in [0.717, 1.165) is 0 Å². The van der Waals surface area contributed by atoms with Crippen molar-refractivity contribution in [2.75, 3.05) is 13.2 Å². The van der Waals surface area contributed by atoms with Crippen LogP contribution in [0.5, 0.6) is 0 Å². The Morgan fingerprint density at radius 3 is 1.27 bits per heavy atom. The van der Waals surface area contributed by atoms with Crippen molar-refractivity contribution in [2.45, 2.75) is 13.8 Å². The maximum Gasteiger partial charge on any atom is 0.399 e. The van der Waals surface area contributed by atoms with E-state index in [2.05, 4.69) is 8.37 Å². The lowest BCUT2D eigenvalue weighted by Gasteiger charge is -1.99. The quantitative estimate of drug-likeness (QED) is 0.796. The van der Waals surface area contributed by atoms with E-state index in [9.17, 15) is 8.42 Å². The fourth-order valence-electron chi connectivity index (χ4n) is 0.708. The van der Waals surface area contributed by atoms with Gasteiger partial charge in [0.05, 0.1) is 13.2 Å². The Hall–Kier alpha value is -0.910. The Bertz CT molecular complexity index is 282. The maximum absolute atomic E-state index is 10.4. The van der Waals surface area contributed by atoms with Gasteiger partial charge in [0.2, 0.25) is 0 Å². The molecule has 0 heterocycles. The Labute approximate surface area is 91.2 Å². The summed E-state index contributed by atoms with van der Waals surface area (Å²) in [5.41, 5.74) is 0. The van der Waals surface area contributed by atoms with Crippen LogP contribution in [-0.2, 0) is 18.8 Å². The molecule has 0 aliphatic heterocycles. The van der Waals surface area contributed by atoms with Gasteiger partial charge in [-0.15, -0.1) is 0 Å². The first-order chi connectivity index (χ1) is 7.12. The number of benzene rings is 1. The van der Waals surface area contributed by atoms with Gasteiger partial charge in [-0.1, -0.05) is 36.4 Å². The average Bonchev–Trinajstić information content (AvgIpc) is 2.21. The third-order valence-electron chi connectivity index (χ3n) is 1.19. The van der Waals surface area contributed by atoms with Crippen molar-refractivity contribution in [3.8, 4) is 0 Å². The topological polar surface area (TPSA) is 52.6 Å². The van der Waals surface area contributed by atoms with Crippen LogP contribution in [0.2, 0.25) is 0 Å². The first-order valence-corrected chi connectivity index (χ1v) is 5.99. The van der Waals surface area contributed by atoms with Gasteiger partial charge in [0.15, 0.2) is 0 Å². The van der Waals surface area contributed by atoms with Gasteiger partial charge in [-0.2, -0.15) is 8.42 Å². The highest BCUT2D eigenvalue weighted by Gasteiger charge is 2.06. The second-order valence-corrected chi connectivity index (χ2v) is 3.66. The molecule has 0 saturated heterocycles. The molecule has 1 rings (SSSR count). The van der Waals surface area contributed by atoms with Crippen molar-refractivity contribution in [3.63, 3.8) is 0 Å². The lowest BCUT2D eigenvalue weighted by atomic mass is 10.4. The standard InChI is InChI=1S/C6H6.C4H10O4S/c1-2-4-6-5-3-1;1-3-7-9(5,6)8-4-2/h1-6H;3-4H2,1-2H3. The van der Waals surface area contributed by atoms with Crippen LogP contribution in [0, 0.1) is 0 Å². The van der Waals surface area contributed by atoms with Crippen molar-refractivity contribution in [3.05, 3.63) is 36.4 Å². The largest absolute Gasteiger partial charge is 0.399 e. The predicted octanol–water partition coefficient (Wildman–Crippen LogP) is 1.99. The molecule has 0 amide bonds. The van der Waals surface area contributed by atoms with Crippen LogP contribution < -0.4 is 0 Å². The Kier molecular flexibility index (Phi) is 7.89. The van der Waals surface area contributed by atoms with Crippen molar-refractivity contribution in [1.29, 1.82) is 0 Å². The summed E-state index contributed by atoms with van der Waals surface area (Å²) in [7, 11) is -3.68. The molecule has 0 aliphatic carbocycles. The molecule has 1 aromatic carbocycles. The molecule has 0 N–H and O–H groups in total. The van der Waals surface area contributed by atoms with Crippen LogP contribution in [0.4, 0.5) is 0 Å². The minimum atomic E-state index is -3.68. The summed E-state index contributed by atoms with van der Waals surface area (Å²) in [4.78, 5) is 0. The van der Waals surface area contributed by atoms with Crippen molar-refractivity contribution >= 4 is 10.4 Å². The lowest BCUT2D eigenvalue weighted by Crippen LogP contribution is -2.09. The van der Waals surface area contributed by atoms with E-state index in [1.807, 2.05) is 36.4 Å². The van der Waals surface area contributed by atoms with Gasteiger partial charge in [-0.3, -0.25) is 0 Å². The number of hydrogen-bond acceptors (Lipinski definition) is 4. The summed E-state index contributed by atoms with van der Waals surface area (Å²) in [5.74, 6) is 0. The minimum Gasteiger partial charge on any atom is -0.248 e. The van der Waals surface area contributed by atoms with E-state index in [4.69, 9.17) is 0 Å². The molecule has 0 fully saturated rings. The molecule has 15 heavy (non-hydrogen) atoms. The van der Waals surface area contributed by atoms with Crippen molar-refractivity contribution in [2.24, 2.45) is 0 Å². The zero-order chi connectivity index (χ0) is 11.6. The monoisotopic (exact) mass is 232 g/mol. The molecule has 4 nitrogen and oxygen atoms in total. The fraction of sp³-hybridized carbons (Fsp3) is 0.400. The maximum atomic E-state index is 10.4. The first-order valence-electron chi connectivity index (χ1n) is 4.66. The Morgan fingerprint density at radius 2 is 1.07 bits per heavy atom. The van der Waals surface area contributed by atoms with Gasteiger partial charge in [0.1, 0.15) is 0 Å². The minimum absolute atomic E-state index is 0.113. The van der Waals surface area contributed by atoms with E-state index in [1.165, 1.54) is 0 Å². The summed E-state index contributed by atoms with van der Waals surface area (Å²) in [6.45, 7) is 3.39. The Morgan fingerprint density at radius 1 is 0.800 bits per heavy atom. The van der Waals surface area contributed by atoms with Crippen LogP contribution in [0.15, 0.2) is 36.4 Å². The van der Waals surface area contributed by atoms with Gasteiger partial charge in [0.25, 0.3) is 0 Å². The third-order valence-corrected chi connectivity index (χ3v) is 2.24. The highest BCUT2D eigenvalue weighted by atomic mass is 32.3.